The number of nitrogens with zero attached hydrogens (tertiary/aromatic N) is 1. The Kier molecular flexibility index (Phi) is 8.60. The first-order valence-corrected chi connectivity index (χ1v) is 8.14. The third-order valence-electron chi connectivity index (χ3n) is 2.73. The maximum Gasteiger partial charge on any atom is 0.434 e. The zero-order valence-electron chi connectivity index (χ0n) is 12.3. The van der Waals surface area contributed by atoms with Gasteiger partial charge in [-0.05, 0) is 18.6 Å². The summed E-state index contributed by atoms with van der Waals surface area (Å²) in [5.74, 6) is -5.45. The molecule has 0 fully saturated rings. The predicted molar refractivity (Wildman–Crippen MR) is 74.7 cm³/mol. The van der Waals surface area contributed by atoms with E-state index in [1.807, 2.05) is 18.2 Å². The number of rotatable bonds is 7. The molecule has 1 N–H and O–H groups in total. The van der Waals surface area contributed by atoms with Crippen LogP contribution >= 0.6 is 0 Å². The van der Waals surface area contributed by atoms with Crippen LogP contribution in [-0.2, 0) is 10.1 Å². The van der Waals surface area contributed by atoms with Crippen LogP contribution in [0.3, 0.4) is 0 Å². The molecule has 0 saturated carbocycles. The Bertz CT molecular complexity index is 513. The first kappa shape index (κ1) is 21.7. The van der Waals surface area contributed by atoms with Crippen molar-refractivity contribution in [2.75, 3.05) is 0 Å². The molecule has 0 aliphatic heterocycles. The van der Waals surface area contributed by atoms with E-state index in [1.54, 1.807) is 19.3 Å². The molecule has 0 radical (unpaired) electrons. The van der Waals surface area contributed by atoms with Crippen molar-refractivity contribution in [3.63, 3.8) is 0 Å². The fraction of sp³-hybridized carbons (Fsp3) is 0.615. The minimum Gasteiger partial charge on any atom is -0.281 e. The molecule has 1 rings (SSSR count). The van der Waals surface area contributed by atoms with Gasteiger partial charge in [0.15, 0.2) is 6.17 Å². The molecule has 1 atom stereocenters. The van der Waals surface area contributed by atoms with Crippen LogP contribution in [0, 0.1) is 0 Å². The van der Waals surface area contributed by atoms with Crippen LogP contribution in [0.2, 0.25) is 0 Å². The Morgan fingerprint density at radius 3 is 1.91 bits per heavy atom. The average Bonchev–Trinajstić information content (AvgIpc) is 2.48. The number of unbranched alkanes of at least 4 members (excludes halogenated alkanes) is 2. The normalized spacial score (nSPS) is 13.9. The van der Waals surface area contributed by atoms with Crippen LogP contribution in [0.5, 0.6) is 0 Å². The van der Waals surface area contributed by atoms with Gasteiger partial charge in [-0.25, -0.2) is 4.39 Å². The lowest BCUT2D eigenvalue weighted by Crippen LogP contribution is -2.52. The third-order valence-corrected chi connectivity index (χ3v) is 3.65. The van der Waals surface area contributed by atoms with Crippen molar-refractivity contribution in [1.29, 1.82) is 0 Å². The second kappa shape index (κ2) is 9.11. The Morgan fingerprint density at radius 1 is 1.09 bits per heavy atom. The highest BCUT2D eigenvalue weighted by atomic mass is 32.2. The maximum absolute atomic E-state index is 12.9. The lowest BCUT2D eigenvalue weighted by molar-refractivity contribution is -0.198. The third kappa shape index (κ3) is 6.38. The molecule has 1 heterocycles. The number of pyridine rings is 1. The number of halogens is 5. The summed E-state index contributed by atoms with van der Waals surface area (Å²) in [5, 5.41) is -5.83. The van der Waals surface area contributed by atoms with Crippen molar-refractivity contribution in [1.82, 2.24) is 4.98 Å². The number of alkyl halides is 5. The summed E-state index contributed by atoms with van der Waals surface area (Å²) in [6.45, 7) is 1.69. The summed E-state index contributed by atoms with van der Waals surface area (Å²) in [6.07, 6.45) is 0.118. The first-order chi connectivity index (χ1) is 10.5. The first-order valence-electron chi connectivity index (χ1n) is 6.70. The summed E-state index contributed by atoms with van der Waals surface area (Å²) in [4.78, 5) is 3.78. The number of hydrogen-bond donors (Lipinski definition) is 1. The molecule has 0 saturated heterocycles. The molecule has 0 aliphatic rings. The molecule has 0 aliphatic carbocycles. The molecule has 4 nitrogen and oxygen atoms in total. The summed E-state index contributed by atoms with van der Waals surface area (Å²) in [5.41, 5.74) is 0. The molecule has 1 aromatic rings. The summed E-state index contributed by atoms with van der Waals surface area (Å²) >= 11 is 0. The smallest absolute Gasteiger partial charge is 0.281 e. The van der Waals surface area contributed by atoms with Crippen LogP contribution in [0.25, 0.3) is 0 Å². The zero-order valence-corrected chi connectivity index (χ0v) is 13.1. The van der Waals surface area contributed by atoms with E-state index in [9.17, 15) is 30.4 Å². The SMILES string of the molecule is CCCCCC(F)C(F)(F)C(F)(F)S(=O)(=O)O.c1ccncc1. The van der Waals surface area contributed by atoms with E-state index in [4.69, 9.17) is 4.55 Å². The molecule has 10 heteroatoms. The highest BCUT2D eigenvalue weighted by Gasteiger charge is 2.69. The van der Waals surface area contributed by atoms with Crippen LogP contribution in [-0.4, -0.2) is 35.3 Å². The predicted octanol–water partition coefficient (Wildman–Crippen LogP) is 4.10. The molecule has 134 valence electrons. The fourth-order valence-electron chi connectivity index (χ4n) is 1.42. The van der Waals surface area contributed by atoms with Gasteiger partial charge >= 0.3 is 21.3 Å². The van der Waals surface area contributed by atoms with Gasteiger partial charge in [0.2, 0.25) is 0 Å². The van der Waals surface area contributed by atoms with E-state index >= 15 is 0 Å². The minimum absolute atomic E-state index is 0.0746. The average molecular weight is 363 g/mol. The largest absolute Gasteiger partial charge is 0.434 e. The fourth-order valence-corrected chi connectivity index (χ4v) is 1.89. The van der Waals surface area contributed by atoms with Gasteiger partial charge in [-0.15, -0.1) is 0 Å². The van der Waals surface area contributed by atoms with Gasteiger partial charge in [0.1, 0.15) is 0 Å². The van der Waals surface area contributed by atoms with Crippen molar-refractivity contribution in [3.8, 4) is 0 Å². The summed E-state index contributed by atoms with van der Waals surface area (Å²) in [6, 6.07) is 5.72. The van der Waals surface area contributed by atoms with E-state index in [-0.39, 0.29) is 6.42 Å². The molecule has 1 unspecified atom stereocenters. The van der Waals surface area contributed by atoms with Gasteiger partial charge in [0.05, 0.1) is 0 Å². The van der Waals surface area contributed by atoms with Gasteiger partial charge < -0.3 is 0 Å². The molecular formula is C13H18F5NO3S. The molecule has 23 heavy (non-hydrogen) atoms. The standard InChI is InChI=1S/C8H13F5O3S.C5H5N/c1-2-3-4-5-6(9)7(10,11)8(12,13)17(14,15)16;1-2-4-6-5-3-1/h6H,2-5H2,1H3,(H,14,15,16);1-5H. The van der Waals surface area contributed by atoms with Gasteiger partial charge in [-0.2, -0.15) is 26.0 Å². The van der Waals surface area contributed by atoms with Crippen molar-refractivity contribution >= 4 is 10.1 Å². The molecule has 0 aromatic carbocycles. The topological polar surface area (TPSA) is 67.3 Å². The Hall–Kier alpha value is -1.29. The van der Waals surface area contributed by atoms with Gasteiger partial charge in [0, 0.05) is 12.4 Å². The molecule has 0 spiro atoms. The maximum atomic E-state index is 12.9. The quantitative estimate of drug-likeness (QED) is 0.450. The lowest BCUT2D eigenvalue weighted by atomic mass is 10.1. The zero-order chi connectivity index (χ0) is 18.1. The monoisotopic (exact) mass is 363 g/mol. The van der Waals surface area contributed by atoms with Crippen molar-refractivity contribution in [2.45, 2.75) is 50.0 Å². The Balaban J connectivity index is 0.000000664. The van der Waals surface area contributed by atoms with Crippen molar-refractivity contribution in [2.24, 2.45) is 0 Å². The van der Waals surface area contributed by atoms with Gasteiger partial charge in [0.25, 0.3) is 0 Å². The summed E-state index contributed by atoms with van der Waals surface area (Å²) in [7, 11) is -6.36. The highest BCUT2D eigenvalue weighted by molar-refractivity contribution is 7.87. The van der Waals surface area contributed by atoms with Gasteiger partial charge in [-0.1, -0.05) is 32.3 Å². The van der Waals surface area contributed by atoms with Crippen LogP contribution in [0.15, 0.2) is 30.6 Å². The Labute approximate surface area is 131 Å². The summed E-state index contributed by atoms with van der Waals surface area (Å²) < 4.78 is 92.1. The van der Waals surface area contributed by atoms with E-state index < -0.39 is 33.9 Å². The van der Waals surface area contributed by atoms with E-state index in [0.717, 1.165) is 0 Å². The van der Waals surface area contributed by atoms with E-state index in [1.165, 1.54) is 0 Å². The number of hydrogen-bond acceptors (Lipinski definition) is 3. The van der Waals surface area contributed by atoms with Crippen LogP contribution < -0.4 is 0 Å². The second-order valence-corrected chi connectivity index (χ2v) is 6.07. The highest BCUT2D eigenvalue weighted by Crippen LogP contribution is 2.43. The number of aromatic nitrogens is 1. The Morgan fingerprint density at radius 2 is 1.61 bits per heavy atom. The minimum atomic E-state index is -6.36. The van der Waals surface area contributed by atoms with Crippen LogP contribution in [0.1, 0.15) is 32.6 Å². The van der Waals surface area contributed by atoms with Gasteiger partial charge in [-0.3, -0.25) is 9.54 Å². The van der Waals surface area contributed by atoms with E-state index in [0.29, 0.717) is 12.8 Å². The lowest BCUT2D eigenvalue weighted by Gasteiger charge is -2.26. The van der Waals surface area contributed by atoms with Crippen molar-refractivity contribution < 1.29 is 34.9 Å². The molecular weight excluding hydrogens is 345 g/mol. The molecule has 1 aromatic heterocycles. The second-order valence-electron chi connectivity index (χ2n) is 4.60. The molecule has 0 amide bonds. The molecule has 0 bridgehead atoms. The van der Waals surface area contributed by atoms with E-state index in [2.05, 4.69) is 4.98 Å². The van der Waals surface area contributed by atoms with Crippen molar-refractivity contribution in [3.05, 3.63) is 30.6 Å². The van der Waals surface area contributed by atoms with Crippen LogP contribution in [0.4, 0.5) is 22.0 Å².